The van der Waals surface area contributed by atoms with Gasteiger partial charge in [0.25, 0.3) is 0 Å². The molecule has 0 aromatic carbocycles. The van der Waals surface area contributed by atoms with Crippen LogP contribution in [0.4, 0.5) is 0 Å². The van der Waals surface area contributed by atoms with E-state index < -0.39 is 7.15 Å². The van der Waals surface area contributed by atoms with Crippen molar-refractivity contribution in [2.45, 2.75) is 0 Å². The van der Waals surface area contributed by atoms with E-state index in [-0.39, 0.29) is 0 Å². The first-order valence-corrected chi connectivity index (χ1v) is 4.19. The summed E-state index contributed by atoms with van der Waals surface area (Å²) in [4.78, 5) is 0. The van der Waals surface area contributed by atoms with E-state index in [9.17, 15) is 4.57 Å². The molecule has 6 heavy (non-hydrogen) atoms. The molecule has 0 bridgehead atoms. The lowest BCUT2D eigenvalue weighted by molar-refractivity contribution is 0.597. The summed E-state index contributed by atoms with van der Waals surface area (Å²) in [6, 6.07) is 0. The van der Waals surface area contributed by atoms with Gasteiger partial charge in [0.2, 0.25) is 0 Å². The van der Waals surface area contributed by atoms with Crippen LogP contribution in [0.25, 0.3) is 0 Å². The van der Waals surface area contributed by atoms with Gasteiger partial charge >= 0.3 is 0 Å². The van der Waals surface area contributed by atoms with Crippen LogP contribution in [0.1, 0.15) is 0 Å². The Kier molecular flexibility index (Phi) is 3.60. The highest BCUT2D eigenvalue weighted by atomic mass is 35.7. The number of hydrogen-bond donors (Lipinski definition) is 0. The highest BCUT2D eigenvalue weighted by molar-refractivity contribution is 7.73. The molecule has 0 N–H and O–H groups in total. The van der Waals surface area contributed by atoms with Crippen molar-refractivity contribution in [1.29, 1.82) is 0 Å². The first-order valence-electron chi connectivity index (χ1n) is 1.56. The van der Waals surface area contributed by atoms with E-state index in [4.69, 9.17) is 11.2 Å². The highest BCUT2D eigenvalue weighted by Gasteiger charge is 1.80. The first kappa shape index (κ1) is 6.26. The molecular weight excluding hydrogens is 118 g/mol. The molecule has 1 nitrogen and oxygen atoms in total. The number of rotatable bonds is 2. The normalized spacial score (nSPS) is 13.5. The molecule has 0 aromatic rings. The zero-order valence-electron chi connectivity index (χ0n) is 3.28. The zero-order chi connectivity index (χ0) is 4.99. The Morgan fingerprint density at radius 3 is 2.50 bits per heavy atom. The van der Waals surface area contributed by atoms with Gasteiger partial charge in [0.1, 0.15) is 0 Å². The van der Waals surface area contributed by atoms with Gasteiger partial charge < -0.3 is 4.57 Å². The largest absolute Gasteiger partial charge is 0.310 e. The minimum atomic E-state index is -1.78. The van der Waals surface area contributed by atoms with Gasteiger partial charge in [0.15, 0.2) is 7.15 Å². The average molecular weight is 125 g/mol. The van der Waals surface area contributed by atoms with E-state index in [2.05, 4.69) is 6.58 Å². The van der Waals surface area contributed by atoms with Crippen LogP contribution >= 0.6 is 18.4 Å². The second-order valence-electron chi connectivity index (χ2n) is 0.848. The lowest BCUT2D eigenvalue weighted by Crippen LogP contribution is -1.54. The molecule has 0 aliphatic heterocycles. The lowest BCUT2D eigenvalue weighted by Gasteiger charge is -1.74. The minimum Gasteiger partial charge on any atom is -0.310 e. The van der Waals surface area contributed by atoms with Crippen molar-refractivity contribution in [2.24, 2.45) is 0 Å². The molecule has 0 heterocycles. The number of allylic oxidation sites excluding steroid dienone is 1. The van der Waals surface area contributed by atoms with Gasteiger partial charge in [0.05, 0.1) is 0 Å². The van der Waals surface area contributed by atoms with Crippen molar-refractivity contribution in [3.63, 3.8) is 0 Å². The number of hydrogen-bond acceptors (Lipinski definition) is 1. The van der Waals surface area contributed by atoms with Crippen molar-refractivity contribution >= 4 is 18.4 Å². The van der Waals surface area contributed by atoms with E-state index in [1.165, 1.54) is 0 Å². The molecule has 1 unspecified atom stereocenters. The zero-order valence-corrected chi connectivity index (χ0v) is 5.03. The van der Waals surface area contributed by atoms with Gasteiger partial charge in [-0.3, -0.25) is 0 Å². The van der Waals surface area contributed by atoms with Gasteiger partial charge in [-0.1, -0.05) is 17.3 Å². The topological polar surface area (TPSA) is 17.1 Å². The Hall–Kier alpha value is 0.260. The van der Waals surface area contributed by atoms with E-state index in [1.54, 1.807) is 6.08 Å². The summed E-state index contributed by atoms with van der Waals surface area (Å²) < 4.78 is 9.92. The van der Waals surface area contributed by atoms with Gasteiger partial charge in [-0.2, -0.15) is 0 Å². The van der Waals surface area contributed by atoms with E-state index in [0.29, 0.717) is 6.16 Å². The Bertz CT molecular complexity index is 71.2. The predicted molar refractivity (Wildman–Crippen MR) is 29.9 cm³/mol. The maximum absolute atomic E-state index is 9.92. The molecule has 0 saturated carbocycles. The summed E-state index contributed by atoms with van der Waals surface area (Å²) in [5.41, 5.74) is 0. The average Bonchev–Trinajstić information content (AvgIpc) is 1.35. The molecule has 0 fully saturated rings. The molecule has 0 aliphatic carbocycles. The summed E-state index contributed by atoms with van der Waals surface area (Å²) in [7, 11) is -1.78. The van der Waals surface area contributed by atoms with Crippen molar-refractivity contribution < 1.29 is 4.57 Å². The monoisotopic (exact) mass is 124 g/mol. The van der Waals surface area contributed by atoms with E-state index >= 15 is 0 Å². The Balaban J connectivity index is 3.05. The molecule has 3 heteroatoms. The van der Waals surface area contributed by atoms with E-state index in [1.807, 2.05) is 0 Å². The number of halogens is 1. The first-order chi connectivity index (χ1) is 2.77. The molecule has 1 atom stereocenters. The quantitative estimate of drug-likeness (QED) is 0.406. The molecular formula is C3H6ClOP. The molecule has 0 aliphatic rings. The van der Waals surface area contributed by atoms with Gasteiger partial charge in [0, 0.05) is 6.16 Å². The molecule has 36 valence electrons. The third-order valence-corrected chi connectivity index (χ3v) is 1.38. The third-order valence-electron chi connectivity index (χ3n) is 0.305. The van der Waals surface area contributed by atoms with Gasteiger partial charge in [-0.05, 0) is 0 Å². The minimum absolute atomic E-state index is 0.451. The highest BCUT2D eigenvalue weighted by Crippen LogP contribution is 2.24. The fraction of sp³-hybridized carbons (Fsp3) is 0.333. The van der Waals surface area contributed by atoms with Crippen LogP contribution < -0.4 is 0 Å². The second-order valence-corrected chi connectivity index (χ2v) is 3.23. The van der Waals surface area contributed by atoms with Crippen molar-refractivity contribution in [2.75, 3.05) is 6.16 Å². The molecule has 0 rings (SSSR count). The standard InChI is InChI=1S/C3H6ClOP/c1-2-3-6(4)5/h2,6H,1,3H2. The van der Waals surface area contributed by atoms with Gasteiger partial charge in [-0.25, -0.2) is 0 Å². The molecule has 0 radical (unpaired) electrons. The summed E-state index contributed by atoms with van der Waals surface area (Å²) in [6.45, 7) is 3.34. The lowest BCUT2D eigenvalue weighted by atomic mass is 10.8. The SMILES string of the molecule is C=CC[PH](=O)Cl. The van der Waals surface area contributed by atoms with Crippen molar-refractivity contribution in [3.05, 3.63) is 12.7 Å². The summed E-state index contributed by atoms with van der Waals surface area (Å²) in [5.74, 6) is 0. The van der Waals surface area contributed by atoms with Crippen LogP contribution in [0.15, 0.2) is 12.7 Å². The van der Waals surface area contributed by atoms with Crippen LogP contribution in [-0.2, 0) is 4.57 Å². The third kappa shape index (κ3) is 4.26. The Morgan fingerprint density at radius 1 is 2.00 bits per heavy atom. The summed E-state index contributed by atoms with van der Waals surface area (Å²) in [6.07, 6.45) is 2.00. The fourth-order valence-corrected chi connectivity index (χ4v) is 0.668. The van der Waals surface area contributed by atoms with Crippen LogP contribution in [0.2, 0.25) is 0 Å². The predicted octanol–water partition coefficient (Wildman–Crippen LogP) is 1.89. The van der Waals surface area contributed by atoms with Crippen molar-refractivity contribution in [3.8, 4) is 0 Å². The smallest absolute Gasteiger partial charge is 0.161 e. The summed E-state index contributed by atoms with van der Waals surface area (Å²) >= 11 is 5.05. The fourth-order valence-electron chi connectivity index (χ4n) is 0.113. The Labute approximate surface area is 42.6 Å². The molecule has 0 amide bonds. The van der Waals surface area contributed by atoms with Gasteiger partial charge in [-0.15, -0.1) is 6.58 Å². The van der Waals surface area contributed by atoms with Crippen LogP contribution in [0, 0.1) is 0 Å². The molecule has 0 saturated heterocycles. The van der Waals surface area contributed by atoms with Crippen molar-refractivity contribution in [1.82, 2.24) is 0 Å². The maximum Gasteiger partial charge on any atom is 0.161 e. The van der Waals surface area contributed by atoms with Crippen LogP contribution in [-0.4, -0.2) is 6.16 Å². The maximum atomic E-state index is 9.92. The van der Waals surface area contributed by atoms with Crippen LogP contribution in [0.3, 0.4) is 0 Å². The molecule has 0 aromatic heterocycles. The Morgan fingerprint density at radius 2 is 2.50 bits per heavy atom. The summed E-state index contributed by atoms with van der Waals surface area (Å²) in [5, 5.41) is 0. The second kappa shape index (κ2) is 3.45. The van der Waals surface area contributed by atoms with Crippen LogP contribution in [0.5, 0.6) is 0 Å². The van der Waals surface area contributed by atoms with E-state index in [0.717, 1.165) is 0 Å². The molecule has 0 spiro atoms.